The Kier molecular flexibility index (Phi) is 3.69. The summed E-state index contributed by atoms with van der Waals surface area (Å²) in [5, 5.41) is 8.78. The number of nitrogens with two attached hydrogens (primary N) is 1. The summed E-state index contributed by atoms with van der Waals surface area (Å²) in [6.07, 6.45) is 5.91. The lowest BCUT2D eigenvalue weighted by atomic mass is 9.96. The van der Waals surface area contributed by atoms with E-state index >= 15 is 0 Å². The maximum Gasteiger partial charge on any atom is 0.257 e. The van der Waals surface area contributed by atoms with E-state index in [1.807, 2.05) is 6.07 Å². The molecule has 0 saturated heterocycles. The van der Waals surface area contributed by atoms with Gasteiger partial charge >= 0.3 is 0 Å². The van der Waals surface area contributed by atoms with Crippen molar-refractivity contribution in [1.29, 1.82) is 0 Å². The first-order valence-corrected chi connectivity index (χ1v) is 10.2. The topological polar surface area (TPSA) is 72.3 Å². The van der Waals surface area contributed by atoms with Crippen molar-refractivity contribution >= 4 is 33.9 Å². The number of halogens is 1. The highest BCUT2D eigenvalue weighted by Gasteiger charge is 2.25. The van der Waals surface area contributed by atoms with Crippen molar-refractivity contribution in [2.75, 3.05) is 17.2 Å². The zero-order valence-electron chi connectivity index (χ0n) is 16.3. The third kappa shape index (κ3) is 2.68. The Labute approximate surface area is 172 Å². The Hall–Kier alpha value is -3.66. The van der Waals surface area contributed by atoms with Gasteiger partial charge in [0, 0.05) is 29.1 Å². The number of aromatic nitrogens is 4. The molecule has 6 nitrogen and oxygen atoms in total. The number of hydrogen-bond donors (Lipinski definition) is 1. The molecule has 1 saturated carbocycles. The Morgan fingerprint density at radius 3 is 2.97 bits per heavy atom. The normalized spacial score (nSPS) is 15.8. The lowest BCUT2D eigenvalue weighted by Gasteiger charge is -2.32. The van der Waals surface area contributed by atoms with Crippen LogP contribution < -0.4 is 10.6 Å². The van der Waals surface area contributed by atoms with E-state index in [1.165, 1.54) is 24.5 Å². The molecule has 7 heteroatoms. The molecule has 0 amide bonds. The van der Waals surface area contributed by atoms with Gasteiger partial charge in [0.25, 0.3) is 5.78 Å². The van der Waals surface area contributed by atoms with Gasteiger partial charge in [-0.05, 0) is 55.5 Å². The molecule has 2 aromatic carbocycles. The van der Waals surface area contributed by atoms with Gasteiger partial charge in [-0.25, -0.2) is 4.39 Å². The molecule has 0 atom stereocenters. The number of rotatable bonds is 1. The van der Waals surface area contributed by atoms with E-state index < -0.39 is 5.82 Å². The van der Waals surface area contributed by atoms with Crippen molar-refractivity contribution in [3.63, 3.8) is 0 Å². The summed E-state index contributed by atoms with van der Waals surface area (Å²) in [5.41, 5.74) is 10.0. The van der Waals surface area contributed by atoms with Crippen molar-refractivity contribution < 1.29 is 4.39 Å². The molecule has 4 aromatic rings. The average molecular weight is 398 g/mol. The number of hydrogen-bond acceptors (Lipinski definition) is 5. The third-order valence-electron chi connectivity index (χ3n) is 5.85. The molecule has 2 N–H and O–H groups in total. The second kappa shape index (κ2) is 6.42. The molecule has 30 heavy (non-hydrogen) atoms. The first-order chi connectivity index (χ1) is 14.7. The van der Waals surface area contributed by atoms with Gasteiger partial charge in [-0.3, -0.25) is 4.40 Å². The molecule has 0 radical (unpaired) electrons. The fraction of sp³-hybridized carbons (Fsp3) is 0.261. The summed E-state index contributed by atoms with van der Waals surface area (Å²) in [6, 6.07) is 9.29. The van der Waals surface area contributed by atoms with Crippen molar-refractivity contribution in [3.05, 3.63) is 53.6 Å². The molecule has 148 valence electrons. The van der Waals surface area contributed by atoms with E-state index in [0.717, 1.165) is 36.2 Å². The van der Waals surface area contributed by atoms with Gasteiger partial charge in [0.15, 0.2) is 0 Å². The van der Waals surface area contributed by atoms with Crippen LogP contribution >= 0.6 is 0 Å². The van der Waals surface area contributed by atoms with Gasteiger partial charge in [-0.2, -0.15) is 4.98 Å². The maximum absolute atomic E-state index is 14.4. The van der Waals surface area contributed by atoms with Crippen LogP contribution in [0.1, 0.15) is 30.4 Å². The molecular weight excluding hydrogens is 379 g/mol. The third-order valence-corrected chi connectivity index (χ3v) is 5.85. The Morgan fingerprint density at radius 1 is 1.20 bits per heavy atom. The van der Waals surface area contributed by atoms with Gasteiger partial charge in [0.2, 0.25) is 0 Å². The average Bonchev–Trinajstić information content (AvgIpc) is 3.47. The molecule has 0 spiro atoms. The second-order valence-electron chi connectivity index (χ2n) is 7.93. The smallest absolute Gasteiger partial charge is 0.257 e. The quantitative estimate of drug-likeness (QED) is 0.390. The summed E-state index contributed by atoms with van der Waals surface area (Å²) >= 11 is 0. The molecule has 1 aliphatic heterocycles. The molecule has 0 unspecified atom stereocenters. The molecule has 1 aliphatic carbocycles. The lowest BCUT2D eigenvalue weighted by Crippen LogP contribution is -2.26. The summed E-state index contributed by atoms with van der Waals surface area (Å²) in [6.45, 7) is 0.783. The van der Waals surface area contributed by atoms with E-state index in [-0.39, 0.29) is 5.69 Å². The number of benzene rings is 2. The van der Waals surface area contributed by atoms with Gasteiger partial charge in [0.05, 0.1) is 11.2 Å². The van der Waals surface area contributed by atoms with Crippen molar-refractivity contribution in [1.82, 2.24) is 19.6 Å². The largest absolute Gasteiger partial charge is 0.396 e. The summed E-state index contributed by atoms with van der Waals surface area (Å²) in [4.78, 5) is 6.89. The summed E-state index contributed by atoms with van der Waals surface area (Å²) in [7, 11) is 0. The number of nitrogen functional groups attached to an aromatic ring is 1. The maximum atomic E-state index is 14.4. The predicted molar refractivity (Wildman–Crippen MR) is 114 cm³/mol. The zero-order valence-corrected chi connectivity index (χ0v) is 16.3. The minimum Gasteiger partial charge on any atom is -0.396 e. The van der Waals surface area contributed by atoms with E-state index in [0.29, 0.717) is 22.9 Å². The monoisotopic (exact) mass is 398 g/mol. The van der Waals surface area contributed by atoms with Crippen LogP contribution in [0.25, 0.3) is 16.7 Å². The van der Waals surface area contributed by atoms with Crippen molar-refractivity contribution in [3.8, 4) is 11.8 Å². The molecule has 2 aliphatic rings. The highest BCUT2D eigenvalue weighted by molar-refractivity contribution is 5.95. The Morgan fingerprint density at radius 2 is 2.10 bits per heavy atom. The molecule has 1 fully saturated rings. The number of anilines is 3. The van der Waals surface area contributed by atoms with E-state index in [1.54, 1.807) is 16.8 Å². The Balaban J connectivity index is 1.58. The Bertz CT molecular complexity index is 1380. The minimum absolute atomic E-state index is 0.0892. The van der Waals surface area contributed by atoms with Crippen LogP contribution in [0.3, 0.4) is 0 Å². The molecule has 3 heterocycles. The fourth-order valence-electron chi connectivity index (χ4n) is 4.16. The molecule has 6 rings (SSSR count). The predicted octanol–water partition coefficient (Wildman–Crippen LogP) is 3.84. The van der Waals surface area contributed by atoms with E-state index in [2.05, 4.69) is 39.1 Å². The number of fused-ring (bicyclic) bond motifs is 4. The lowest BCUT2D eigenvalue weighted by molar-refractivity contribution is 0.634. The first-order valence-electron chi connectivity index (χ1n) is 10.2. The first kappa shape index (κ1) is 17.2. The van der Waals surface area contributed by atoms with Gasteiger partial charge in [-0.1, -0.05) is 17.9 Å². The molecule has 0 bridgehead atoms. The van der Waals surface area contributed by atoms with E-state index in [9.17, 15) is 4.39 Å². The standard InChI is InChI=1S/C23H19FN6/c24-18-11-17-21(12-19(18)25)30-13-26-28-23(30)27-22(17)29-10-2-4-16-15(3-1-5-20(16)29)9-8-14-6-7-14/h1,3,5,11-14H,2,4,6-7,10,25H2. The summed E-state index contributed by atoms with van der Waals surface area (Å²) < 4.78 is 16.2. The van der Waals surface area contributed by atoms with Crippen LogP contribution in [0.2, 0.25) is 0 Å². The zero-order chi connectivity index (χ0) is 20.2. The van der Waals surface area contributed by atoms with Gasteiger partial charge in [-0.15, -0.1) is 10.2 Å². The second-order valence-corrected chi connectivity index (χ2v) is 7.93. The van der Waals surface area contributed by atoms with Crippen molar-refractivity contribution in [2.45, 2.75) is 25.7 Å². The minimum atomic E-state index is -0.459. The van der Waals surface area contributed by atoms with Gasteiger partial charge < -0.3 is 10.6 Å². The van der Waals surface area contributed by atoms with Crippen molar-refractivity contribution in [2.24, 2.45) is 5.92 Å². The highest BCUT2D eigenvalue weighted by atomic mass is 19.1. The van der Waals surface area contributed by atoms with E-state index in [4.69, 9.17) is 10.7 Å². The van der Waals surface area contributed by atoms with Gasteiger partial charge in [0.1, 0.15) is 18.0 Å². The number of nitrogens with zero attached hydrogens (tertiary/aromatic N) is 5. The van der Waals surface area contributed by atoms with Crippen LogP contribution in [0.15, 0.2) is 36.7 Å². The van der Waals surface area contributed by atoms with Crippen LogP contribution in [0, 0.1) is 23.6 Å². The molecule has 2 aromatic heterocycles. The SMILES string of the molecule is Nc1cc2c(cc1F)c(N1CCCc3c(C#CC4CC4)cccc31)nc1nncn12. The summed E-state index contributed by atoms with van der Waals surface area (Å²) in [5.74, 6) is 7.97. The van der Waals surface area contributed by atoms with Crippen LogP contribution in [0.5, 0.6) is 0 Å². The van der Waals surface area contributed by atoms with Crippen LogP contribution in [0.4, 0.5) is 21.6 Å². The fourth-order valence-corrected chi connectivity index (χ4v) is 4.16. The molecular formula is C23H19FN6. The van der Waals surface area contributed by atoms with Crippen LogP contribution in [-0.4, -0.2) is 26.1 Å². The highest BCUT2D eigenvalue weighted by Crippen LogP contribution is 2.38. The van der Waals surface area contributed by atoms with Crippen LogP contribution in [-0.2, 0) is 6.42 Å².